The number of anilines is 3. The second-order valence-corrected chi connectivity index (χ2v) is 11.4. The number of rotatable bonds is 6. The molecule has 0 aromatic heterocycles. The minimum atomic E-state index is 1.11. The van der Waals surface area contributed by atoms with E-state index in [1.807, 2.05) is 0 Å². The Morgan fingerprint density at radius 3 is 1.73 bits per heavy atom. The lowest BCUT2D eigenvalue weighted by Crippen LogP contribution is -2.11. The summed E-state index contributed by atoms with van der Waals surface area (Å²) in [6, 6.07) is 67.7. The van der Waals surface area contributed by atoms with E-state index in [1.165, 1.54) is 54.9 Å². The van der Waals surface area contributed by atoms with Crippen LogP contribution in [0.2, 0.25) is 0 Å². The van der Waals surface area contributed by atoms with Crippen LogP contribution in [0, 0.1) is 0 Å². The zero-order valence-electron chi connectivity index (χ0n) is 24.8. The quantitative estimate of drug-likeness (QED) is 0.191. The summed E-state index contributed by atoms with van der Waals surface area (Å²) in [6.07, 6.45) is 0. The number of benzene rings is 8. The van der Waals surface area contributed by atoms with Gasteiger partial charge in [-0.25, -0.2) is 0 Å². The van der Waals surface area contributed by atoms with E-state index in [0.717, 1.165) is 17.1 Å². The molecular weight excluding hydrogens is 542 g/mol. The van der Waals surface area contributed by atoms with E-state index < -0.39 is 0 Å². The van der Waals surface area contributed by atoms with Gasteiger partial charge in [0.25, 0.3) is 0 Å². The molecule has 0 saturated heterocycles. The van der Waals surface area contributed by atoms with Gasteiger partial charge in [-0.3, -0.25) is 0 Å². The van der Waals surface area contributed by atoms with Gasteiger partial charge in [-0.15, -0.1) is 0 Å². The highest BCUT2D eigenvalue weighted by Crippen LogP contribution is 2.42. The molecule has 8 aromatic rings. The third kappa shape index (κ3) is 5.15. The standard InChI is InChI=1S/C44H31N/c1-2-13-34(14-3-1)43-21-8-9-23-44(43)45(39-28-26-35(27-29-39)42-22-11-17-33-15-6-7-20-41(33)42)40-19-10-18-37(31-40)38-25-24-32-12-4-5-16-36(32)30-38/h1-31H. The van der Waals surface area contributed by atoms with Gasteiger partial charge in [0.1, 0.15) is 0 Å². The third-order valence-corrected chi connectivity index (χ3v) is 8.64. The van der Waals surface area contributed by atoms with Crippen molar-refractivity contribution in [2.45, 2.75) is 0 Å². The van der Waals surface area contributed by atoms with Crippen LogP contribution < -0.4 is 4.90 Å². The molecule has 0 N–H and O–H groups in total. The fourth-order valence-electron chi connectivity index (χ4n) is 6.42. The summed E-state index contributed by atoms with van der Waals surface area (Å²) in [5, 5.41) is 5.02. The average Bonchev–Trinajstić information content (AvgIpc) is 3.12. The summed E-state index contributed by atoms with van der Waals surface area (Å²) in [5.41, 5.74) is 10.6. The normalized spacial score (nSPS) is 11.1. The van der Waals surface area contributed by atoms with Crippen LogP contribution in [0.25, 0.3) is 54.9 Å². The maximum atomic E-state index is 2.39. The monoisotopic (exact) mass is 573 g/mol. The molecule has 45 heavy (non-hydrogen) atoms. The van der Waals surface area contributed by atoms with Crippen molar-refractivity contribution in [2.75, 3.05) is 4.90 Å². The Kier molecular flexibility index (Phi) is 6.90. The van der Waals surface area contributed by atoms with Crippen molar-refractivity contribution in [3.63, 3.8) is 0 Å². The lowest BCUT2D eigenvalue weighted by Gasteiger charge is -2.28. The lowest BCUT2D eigenvalue weighted by molar-refractivity contribution is 1.28. The van der Waals surface area contributed by atoms with Crippen molar-refractivity contribution in [2.24, 2.45) is 0 Å². The molecule has 0 amide bonds. The fourth-order valence-corrected chi connectivity index (χ4v) is 6.42. The molecule has 1 heteroatoms. The highest BCUT2D eigenvalue weighted by atomic mass is 15.1. The average molecular weight is 574 g/mol. The third-order valence-electron chi connectivity index (χ3n) is 8.64. The summed E-state index contributed by atoms with van der Waals surface area (Å²) in [4.78, 5) is 2.39. The molecule has 0 aliphatic carbocycles. The first kappa shape index (κ1) is 26.7. The molecule has 0 heterocycles. The highest BCUT2D eigenvalue weighted by molar-refractivity contribution is 5.97. The highest BCUT2D eigenvalue weighted by Gasteiger charge is 2.18. The molecule has 0 fully saturated rings. The van der Waals surface area contributed by atoms with Gasteiger partial charge in [0.15, 0.2) is 0 Å². The van der Waals surface area contributed by atoms with Gasteiger partial charge in [0, 0.05) is 16.9 Å². The van der Waals surface area contributed by atoms with Crippen molar-refractivity contribution in [3.05, 3.63) is 188 Å². The summed E-state index contributed by atoms with van der Waals surface area (Å²) in [7, 11) is 0. The van der Waals surface area contributed by atoms with Crippen LogP contribution in [0.1, 0.15) is 0 Å². The van der Waals surface area contributed by atoms with Crippen LogP contribution in [0.15, 0.2) is 188 Å². The molecule has 0 radical (unpaired) electrons. The van der Waals surface area contributed by atoms with Crippen molar-refractivity contribution in [1.82, 2.24) is 0 Å². The first-order valence-electron chi connectivity index (χ1n) is 15.4. The summed E-state index contributed by atoms with van der Waals surface area (Å²) < 4.78 is 0. The van der Waals surface area contributed by atoms with E-state index in [4.69, 9.17) is 0 Å². The van der Waals surface area contributed by atoms with Crippen molar-refractivity contribution in [1.29, 1.82) is 0 Å². The van der Waals surface area contributed by atoms with Crippen LogP contribution in [-0.4, -0.2) is 0 Å². The molecule has 0 atom stereocenters. The van der Waals surface area contributed by atoms with E-state index >= 15 is 0 Å². The van der Waals surface area contributed by atoms with Crippen LogP contribution in [0.5, 0.6) is 0 Å². The second-order valence-electron chi connectivity index (χ2n) is 11.4. The van der Waals surface area contributed by atoms with Gasteiger partial charge in [-0.1, -0.05) is 152 Å². The molecule has 0 aliphatic heterocycles. The zero-order chi connectivity index (χ0) is 30.0. The van der Waals surface area contributed by atoms with Crippen LogP contribution in [-0.2, 0) is 0 Å². The van der Waals surface area contributed by atoms with Gasteiger partial charge < -0.3 is 4.90 Å². The van der Waals surface area contributed by atoms with E-state index in [2.05, 4.69) is 193 Å². The van der Waals surface area contributed by atoms with Crippen LogP contribution in [0.3, 0.4) is 0 Å². The number of hydrogen-bond donors (Lipinski definition) is 0. The van der Waals surface area contributed by atoms with Crippen molar-refractivity contribution < 1.29 is 0 Å². The molecule has 0 bridgehead atoms. The van der Waals surface area contributed by atoms with Gasteiger partial charge in [0.05, 0.1) is 5.69 Å². The maximum Gasteiger partial charge on any atom is 0.0540 e. The Balaban J connectivity index is 1.28. The van der Waals surface area contributed by atoms with E-state index in [0.29, 0.717) is 0 Å². The first-order valence-corrected chi connectivity index (χ1v) is 15.4. The summed E-state index contributed by atoms with van der Waals surface area (Å²) >= 11 is 0. The van der Waals surface area contributed by atoms with E-state index in [1.54, 1.807) is 0 Å². The largest absolute Gasteiger partial charge is 0.310 e. The number of fused-ring (bicyclic) bond motifs is 2. The Morgan fingerprint density at radius 1 is 0.289 bits per heavy atom. The van der Waals surface area contributed by atoms with Crippen molar-refractivity contribution >= 4 is 38.6 Å². The number of hydrogen-bond acceptors (Lipinski definition) is 1. The molecule has 212 valence electrons. The molecule has 0 aliphatic rings. The minimum Gasteiger partial charge on any atom is -0.310 e. The van der Waals surface area contributed by atoms with Gasteiger partial charge >= 0.3 is 0 Å². The molecule has 8 aromatic carbocycles. The predicted molar refractivity (Wildman–Crippen MR) is 192 cm³/mol. The van der Waals surface area contributed by atoms with E-state index in [-0.39, 0.29) is 0 Å². The summed E-state index contributed by atoms with van der Waals surface area (Å²) in [5.74, 6) is 0. The molecule has 0 unspecified atom stereocenters. The Bertz CT molecular complexity index is 2260. The Labute approximate surface area is 264 Å². The van der Waals surface area contributed by atoms with Gasteiger partial charge in [-0.2, -0.15) is 0 Å². The maximum absolute atomic E-state index is 2.39. The molecule has 8 rings (SSSR count). The molecule has 0 saturated carbocycles. The summed E-state index contributed by atoms with van der Waals surface area (Å²) in [6.45, 7) is 0. The molecule has 0 spiro atoms. The number of nitrogens with zero attached hydrogens (tertiary/aromatic N) is 1. The van der Waals surface area contributed by atoms with Crippen LogP contribution >= 0.6 is 0 Å². The van der Waals surface area contributed by atoms with Gasteiger partial charge in [0.2, 0.25) is 0 Å². The number of para-hydroxylation sites is 1. The van der Waals surface area contributed by atoms with Crippen molar-refractivity contribution in [3.8, 4) is 33.4 Å². The zero-order valence-corrected chi connectivity index (χ0v) is 24.8. The molecule has 1 nitrogen and oxygen atoms in total. The predicted octanol–water partition coefficient (Wildman–Crippen LogP) is 12.5. The Hall–Kier alpha value is -5.92. The SMILES string of the molecule is c1ccc(-c2ccccc2N(c2ccc(-c3cccc4ccccc34)cc2)c2cccc(-c3ccc4ccccc4c3)c2)cc1. The first-order chi connectivity index (χ1) is 22.3. The van der Waals surface area contributed by atoms with Crippen LogP contribution in [0.4, 0.5) is 17.1 Å². The molecular formula is C44H31N. The smallest absolute Gasteiger partial charge is 0.0540 e. The topological polar surface area (TPSA) is 3.24 Å². The second kappa shape index (κ2) is 11.6. The van der Waals surface area contributed by atoms with E-state index in [9.17, 15) is 0 Å². The lowest BCUT2D eigenvalue weighted by atomic mass is 9.97. The van der Waals surface area contributed by atoms with Gasteiger partial charge in [-0.05, 0) is 85.8 Å². The fraction of sp³-hybridized carbons (Fsp3) is 0. The minimum absolute atomic E-state index is 1.11. The Morgan fingerprint density at radius 2 is 0.867 bits per heavy atom.